The molecule has 1 aliphatic carbocycles. The maximum absolute atomic E-state index is 12.3. The first-order valence-corrected chi connectivity index (χ1v) is 7.47. The van der Waals surface area contributed by atoms with E-state index in [-0.39, 0.29) is 30.3 Å². The number of nitrogens with one attached hydrogen (secondary N) is 1. The van der Waals surface area contributed by atoms with Crippen molar-refractivity contribution in [1.29, 1.82) is 0 Å². The lowest BCUT2D eigenvalue weighted by Gasteiger charge is -2.28. The third kappa shape index (κ3) is 3.57. The SMILES string of the molecule is Cl.NC(C(=O)NC1CCc2ccccc21)C1CCOCC1. The smallest absolute Gasteiger partial charge is 0.237 e. The molecule has 1 heterocycles. The number of hydrogen-bond acceptors (Lipinski definition) is 3. The zero-order chi connectivity index (χ0) is 13.9. The molecule has 0 spiro atoms. The normalized spacial score (nSPS) is 23.0. The Hall–Kier alpha value is -1.10. The van der Waals surface area contributed by atoms with Gasteiger partial charge in [-0.1, -0.05) is 24.3 Å². The van der Waals surface area contributed by atoms with Gasteiger partial charge in [0, 0.05) is 13.2 Å². The Morgan fingerprint density at radius 3 is 2.71 bits per heavy atom. The molecule has 0 bridgehead atoms. The molecule has 116 valence electrons. The van der Waals surface area contributed by atoms with Crippen molar-refractivity contribution in [3.8, 4) is 0 Å². The zero-order valence-corrected chi connectivity index (χ0v) is 12.9. The number of benzene rings is 1. The van der Waals surface area contributed by atoms with Gasteiger partial charge in [-0.15, -0.1) is 12.4 Å². The second-order valence-corrected chi connectivity index (χ2v) is 5.77. The number of amides is 1. The van der Waals surface area contributed by atoms with Gasteiger partial charge in [0.15, 0.2) is 0 Å². The number of halogens is 1. The highest BCUT2D eigenvalue weighted by atomic mass is 35.5. The standard InChI is InChI=1S/C16H22N2O2.ClH/c17-15(12-7-9-20-10-8-12)16(19)18-14-6-5-11-3-1-2-4-13(11)14;/h1-4,12,14-15H,5-10,17H2,(H,18,19);1H. The van der Waals surface area contributed by atoms with Crippen LogP contribution in [0.25, 0.3) is 0 Å². The Morgan fingerprint density at radius 1 is 1.24 bits per heavy atom. The molecule has 1 aromatic rings. The second-order valence-electron chi connectivity index (χ2n) is 5.77. The molecule has 5 heteroatoms. The average Bonchev–Trinajstić information content (AvgIpc) is 2.91. The predicted octanol–water partition coefficient (Wildman–Crippen LogP) is 1.97. The number of carbonyl (C=O) groups is 1. The maximum Gasteiger partial charge on any atom is 0.237 e. The molecule has 0 saturated carbocycles. The molecule has 1 saturated heterocycles. The first kappa shape index (κ1) is 16.3. The van der Waals surface area contributed by atoms with E-state index < -0.39 is 6.04 Å². The van der Waals surface area contributed by atoms with E-state index in [2.05, 4.69) is 23.5 Å². The third-order valence-corrected chi connectivity index (χ3v) is 4.53. The van der Waals surface area contributed by atoms with Gasteiger partial charge in [0.2, 0.25) is 5.91 Å². The van der Waals surface area contributed by atoms with E-state index in [9.17, 15) is 4.79 Å². The molecule has 0 radical (unpaired) electrons. The van der Waals surface area contributed by atoms with Crippen LogP contribution in [-0.4, -0.2) is 25.2 Å². The number of rotatable bonds is 3. The Labute approximate surface area is 131 Å². The van der Waals surface area contributed by atoms with Crippen LogP contribution in [0.5, 0.6) is 0 Å². The quantitative estimate of drug-likeness (QED) is 0.897. The van der Waals surface area contributed by atoms with E-state index in [0.717, 1.165) is 38.9 Å². The summed E-state index contributed by atoms with van der Waals surface area (Å²) >= 11 is 0. The van der Waals surface area contributed by atoms with E-state index in [4.69, 9.17) is 10.5 Å². The van der Waals surface area contributed by atoms with Crippen LogP contribution in [0.2, 0.25) is 0 Å². The molecule has 3 N–H and O–H groups in total. The minimum absolute atomic E-state index is 0. The fourth-order valence-corrected chi connectivity index (χ4v) is 3.26. The van der Waals surface area contributed by atoms with Gasteiger partial charge in [-0.2, -0.15) is 0 Å². The summed E-state index contributed by atoms with van der Waals surface area (Å²) < 4.78 is 5.32. The second kappa shape index (κ2) is 7.25. The van der Waals surface area contributed by atoms with Gasteiger partial charge in [-0.05, 0) is 42.7 Å². The summed E-state index contributed by atoms with van der Waals surface area (Å²) in [4.78, 5) is 12.3. The number of fused-ring (bicyclic) bond motifs is 1. The zero-order valence-electron chi connectivity index (χ0n) is 12.1. The van der Waals surface area contributed by atoms with Gasteiger partial charge < -0.3 is 15.8 Å². The highest BCUT2D eigenvalue weighted by molar-refractivity contribution is 5.85. The summed E-state index contributed by atoms with van der Waals surface area (Å²) in [5, 5.41) is 3.13. The molecule has 21 heavy (non-hydrogen) atoms. The van der Waals surface area contributed by atoms with Gasteiger partial charge in [0.25, 0.3) is 0 Å². The summed E-state index contributed by atoms with van der Waals surface area (Å²) in [5.74, 6) is 0.235. The molecule has 2 aliphatic rings. The third-order valence-electron chi connectivity index (χ3n) is 4.53. The number of carbonyl (C=O) groups excluding carboxylic acids is 1. The Bertz CT molecular complexity index is 489. The van der Waals surface area contributed by atoms with Gasteiger partial charge in [-0.25, -0.2) is 0 Å². The molecule has 4 nitrogen and oxygen atoms in total. The van der Waals surface area contributed by atoms with Crippen molar-refractivity contribution < 1.29 is 9.53 Å². The van der Waals surface area contributed by atoms with E-state index in [1.165, 1.54) is 11.1 Å². The first-order chi connectivity index (χ1) is 9.75. The largest absolute Gasteiger partial charge is 0.381 e. The van der Waals surface area contributed by atoms with Crippen LogP contribution in [0.15, 0.2) is 24.3 Å². The minimum Gasteiger partial charge on any atom is -0.381 e. The molecule has 1 fully saturated rings. The average molecular weight is 311 g/mol. The minimum atomic E-state index is -0.410. The van der Waals surface area contributed by atoms with Crippen LogP contribution in [-0.2, 0) is 16.0 Å². The van der Waals surface area contributed by atoms with Crippen LogP contribution < -0.4 is 11.1 Å². The van der Waals surface area contributed by atoms with Crippen LogP contribution in [0.1, 0.15) is 36.4 Å². The van der Waals surface area contributed by atoms with Gasteiger partial charge in [0.05, 0.1) is 12.1 Å². The van der Waals surface area contributed by atoms with Crippen LogP contribution in [0.3, 0.4) is 0 Å². The van der Waals surface area contributed by atoms with Crippen molar-refractivity contribution in [2.75, 3.05) is 13.2 Å². The summed E-state index contributed by atoms with van der Waals surface area (Å²) in [5.41, 5.74) is 8.72. The highest BCUT2D eigenvalue weighted by Gasteiger charge is 2.30. The fraction of sp³-hybridized carbons (Fsp3) is 0.562. The number of ether oxygens (including phenoxy) is 1. The van der Waals surface area contributed by atoms with E-state index in [0.29, 0.717) is 0 Å². The Balaban J connectivity index is 0.00000161. The fourth-order valence-electron chi connectivity index (χ4n) is 3.26. The van der Waals surface area contributed by atoms with Crippen LogP contribution in [0, 0.1) is 5.92 Å². The molecule has 1 aromatic carbocycles. The van der Waals surface area contributed by atoms with Gasteiger partial charge in [-0.3, -0.25) is 4.79 Å². The molecule has 3 rings (SSSR count). The summed E-state index contributed by atoms with van der Waals surface area (Å²) in [6, 6.07) is 8.04. The van der Waals surface area contributed by atoms with Crippen molar-refractivity contribution in [2.24, 2.45) is 11.7 Å². The number of hydrogen-bond donors (Lipinski definition) is 2. The summed E-state index contributed by atoms with van der Waals surface area (Å²) in [7, 11) is 0. The lowest BCUT2D eigenvalue weighted by Crippen LogP contribution is -2.47. The van der Waals surface area contributed by atoms with Crippen LogP contribution in [0.4, 0.5) is 0 Å². The van der Waals surface area contributed by atoms with E-state index in [1.807, 2.05) is 6.07 Å². The lowest BCUT2D eigenvalue weighted by molar-refractivity contribution is -0.125. The highest BCUT2D eigenvalue weighted by Crippen LogP contribution is 2.31. The van der Waals surface area contributed by atoms with Crippen molar-refractivity contribution in [1.82, 2.24) is 5.32 Å². The summed E-state index contributed by atoms with van der Waals surface area (Å²) in [6.07, 6.45) is 3.78. The monoisotopic (exact) mass is 310 g/mol. The van der Waals surface area contributed by atoms with Gasteiger partial charge in [0.1, 0.15) is 0 Å². The molecule has 2 atom stereocenters. The predicted molar refractivity (Wildman–Crippen MR) is 84.4 cm³/mol. The lowest BCUT2D eigenvalue weighted by atomic mass is 9.91. The number of nitrogens with two attached hydrogens (primary N) is 1. The molecular weight excluding hydrogens is 288 g/mol. The first-order valence-electron chi connectivity index (χ1n) is 7.47. The molecule has 2 unspecified atom stereocenters. The van der Waals surface area contributed by atoms with Crippen molar-refractivity contribution in [3.63, 3.8) is 0 Å². The topological polar surface area (TPSA) is 64.4 Å². The maximum atomic E-state index is 12.3. The van der Waals surface area contributed by atoms with Crippen molar-refractivity contribution in [3.05, 3.63) is 35.4 Å². The Kier molecular flexibility index (Phi) is 5.62. The summed E-state index contributed by atoms with van der Waals surface area (Å²) in [6.45, 7) is 1.44. The molecule has 1 amide bonds. The van der Waals surface area contributed by atoms with Crippen LogP contribution >= 0.6 is 12.4 Å². The molecular formula is C16H23ClN2O2. The van der Waals surface area contributed by atoms with E-state index in [1.54, 1.807) is 0 Å². The molecule has 0 aromatic heterocycles. The van der Waals surface area contributed by atoms with E-state index >= 15 is 0 Å². The van der Waals surface area contributed by atoms with Crippen molar-refractivity contribution >= 4 is 18.3 Å². The Morgan fingerprint density at radius 2 is 1.95 bits per heavy atom. The molecule has 1 aliphatic heterocycles. The number of aryl methyl sites for hydroxylation is 1. The van der Waals surface area contributed by atoms with Crippen molar-refractivity contribution in [2.45, 2.75) is 37.8 Å². The van der Waals surface area contributed by atoms with Gasteiger partial charge >= 0.3 is 0 Å².